The number of thioether (sulfide) groups is 1. The number of carbonyl (C=O) groups excluding carboxylic acids is 3. The zero-order valence-electron chi connectivity index (χ0n) is 16.6. The Bertz CT molecular complexity index is 1010. The number of nitrogens with zero attached hydrogens (tertiary/aromatic N) is 3. The first-order valence-corrected chi connectivity index (χ1v) is 9.73. The fourth-order valence-electron chi connectivity index (χ4n) is 2.76. The Balaban J connectivity index is 2.05. The van der Waals surface area contributed by atoms with Gasteiger partial charge in [-0.05, 0) is 12.3 Å². The summed E-state index contributed by atoms with van der Waals surface area (Å²) in [6.45, 7) is 0. The molecule has 1 saturated heterocycles. The molecule has 30 heavy (non-hydrogen) atoms. The van der Waals surface area contributed by atoms with Gasteiger partial charge in [0.2, 0.25) is 5.75 Å². The average Bonchev–Trinajstić information content (AvgIpc) is 2.76. The molecule has 4 amide bonds. The Labute approximate surface area is 176 Å². The van der Waals surface area contributed by atoms with E-state index in [0.29, 0.717) is 16.5 Å². The topological polar surface area (TPSA) is 120 Å². The molecule has 0 spiro atoms. The van der Waals surface area contributed by atoms with Gasteiger partial charge in [0.15, 0.2) is 16.7 Å². The molecule has 1 fully saturated rings. The van der Waals surface area contributed by atoms with Gasteiger partial charge < -0.3 is 14.2 Å². The van der Waals surface area contributed by atoms with Gasteiger partial charge in [-0.15, -0.1) is 0 Å². The summed E-state index contributed by atoms with van der Waals surface area (Å²) in [5.74, 6) is -0.840. The van der Waals surface area contributed by atoms with Crippen LogP contribution in [-0.2, 0) is 9.59 Å². The fraction of sp³-hybridized carbons (Fsp3) is 0.211. The number of benzene rings is 1. The first-order chi connectivity index (χ1) is 14.4. The van der Waals surface area contributed by atoms with Crippen LogP contribution in [0.1, 0.15) is 5.56 Å². The van der Waals surface area contributed by atoms with Gasteiger partial charge in [0.25, 0.3) is 11.8 Å². The Morgan fingerprint density at radius 1 is 1.00 bits per heavy atom. The van der Waals surface area contributed by atoms with Crippen LogP contribution in [0.2, 0.25) is 0 Å². The summed E-state index contributed by atoms with van der Waals surface area (Å²) in [5, 5.41) is 2.70. The van der Waals surface area contributed by atoms with Crippen molar-refractivity contribution in [1.82, 2.24) is 15.3 Å². The molecular weight excluding hydrogens is 412 g/mol. The molecule has 11 heteroatoms. The summed E-state index contributed by atoms with van der Waals surface area (Å²) in [6.07, 6.45) is 6.10. The lowest BCUT2D eigenvalue weighted by atomic mass is 10.1. The van der Waals surface area contributed by atoms with E-state index in [1.165, 1.54) is 63.7 Å². The summed E-state index contributed by atoms with van der Waals surface area (Å²) < 4.78 is 15.8. The molecule has 0 unspecified atom stereocenters. The number of methoxy groups -OCH3 is 3. The van der Waals surface area contributed by atoms with Gasteiger partial charge in [0.1, 0.15) is 5.57 Å². The number of hydrogen-bond donors (Lipinski definition) is 1. The number of amides is 4. The van der Waals surface area contributed by atoms with Crippen LogP contribution in [0.15, 0.2) is 35.3 Å². The molecule has 0 saturated carbocycles. The van der Waals surface area contributed by atoms with Crippen LogP contribution in [-0.4, -0.2) is 55.4 Å². The smallest absolute Gasteiger partial charge is 0.335 e. The predicted octanol–water partition coefficient (Wildman–Crippen LogP) is 1.89. The second-order valence-corrected chi connectivity index (χ2v) is 6.62. The van der Waals surface area contributed by atoms with Gasteiger partial charge in [0, 0.05) is 30.1 Å². The SMILES string of the molecule is COc1cc(N2C(=O)NC(=O)/C(=C/c3cnc(SC)nc3)C2=O)cc(OC)c1OC. The maximum atomic E-state index is 13.0. The third-order valence-electron chi connectivity index (χ3n) is 4.15. The number of urea groups is 1. The van der Waals surface area contributed by atoms with Gasteiger partial charge in [-0.3, -0.25) is 14.9 Å². The molecule has 3 rings (SSSR count). The average molecular weight is 430 g/mol. The van der Waals surface area contributed by atoms with Gasteiger partial charge in [-0.2, -0.15) is 0 Å². The highest BCUT2D eigenvalue weighted by atomic mass is 32.2. The number of ether oxygens (including phenoxy) is 3. The maximum Gasteiger partial charge on any atom is 0.335 e. The third kappa shape index (κ3) is 3.92. The number of carbonyl (C=O) groups is 3. The van der Waals surface area contributed by atoms with Gasteiger partial charge >= 0.3 is 6.03 Å². The molecule has 1 aliphatic heterocycles. The summed E-state index contributed by atoms with van der Waals surface area (Å²) in [6, 6.07) is 1.97. The van der Waals surface area contributed by atoms with E-state index < -0.39 is 17.8 Å². The van der Waals surface area contributed by atoms with E-state index in [1.54, 1.807) is 0 Å². The van der Waals surface area contributed by atoms with Crippen molar-refractivity contribution in [2.75, 3.05) is 32.5 Å². The molecular formula is C19H18N4O6S. The Kier molecular flexibility index (Phi) is 6.21. The highest BCUT2D eigenvalue weighted by Crippen LogP contribution is 2.41. The molecule has 1 aliphatic rings. The largest absolute Gasteiger partial charge is 0.493 e. The number of rotatable bonds is 6. The van der Waals surface area contributed by atoms with Gasteiger partial charge in [-0.1, -0.05) is 11.8 Å². The Hall–Kier alpha value is -3.60. The van der Waals surface area contributed by atoms with E-state index in [0.717, 1.165) is 4.90 Å². The normalized spacial score (nSPS) is 15.3. The molecule has 10 nitrogen and oxygen atoms in total. The van der Waals surface area contributed by atoms with Crippen molar-refractivity contribution in [2.24, 2.45) is 0 Å². The van der Waals surface area contributed by atoms with Crippen LogP contribution in [0.25, 0.3) is 6.08 Å². The first kappa shape index (κ1) is 21.1. The summed E-state index contributed by atoms with van der Waals surface area (Å²) in [7, 11) is 4.25. The lowest BCUT2D eigenvalue weighted by molar-refractivity contribution is -0.122. The Morgan fingerprint density at radius 2 is 1.60 bits per heavy atom. The third-order valence-corrected chi connectivity index (χ3v) is 4.73. The van der Waals surface area contributed by atoms with Crippen molar-refractivity contribution in [2.45, 2.75) is 5.16 Å². The van der Waals surface area contributed by atoms with Crippen LogP contribution >= 0.6 is 11.8 Å². The second-order valence-electron chi connectivity index (χ2n) is 5.84. The second kappa shape index (κ2) is 8.82. The standard InChI is InChI=1S/C19H18N4O6S/c1-27-13-6-11(7-14(28-2)15(13)29-3)23-17(25)12(16(24)22-19(23)26)5-10-8-20-18(30-4)21-9-10/h5-9H,1-4H3,(H,22,24,26)/b12-5-. The van der Waals surface area contributed by atoms with Crippen molar-refractivity contribution < 1.29 is 28.6 Å². The predicted molar refractivity (Wildman–Crippen MR) is 109 cm³/mol. The summed E-state index contributed by atoms with van der Waals surface area (Å²) in [5.41, 5.74) is 0.328. The molecule has 1 aromatic heterocycles. The lowest BCUT2D eigenvalue weighted by Crippen LogP contribution is -2.54. The zero-order valence-corrected chi connectivity index (χ0v) is 17.4. The molecule has 2 heterocycles. The van der Waals surface area contributed by atoms with Crippen molar-refractivity contribution in [3.8, 4) is 17.2 Å². The number of barbiturate groups is 1. The minimum absolute atomic E-state index is 0.138. The highest BCUT2D eigenvalue weighted by Gasteiger charge is 2.37. The van der Waals surface area contributed by atoms with Crippen molar-refractivity contribution in [3.05, 3.63) is 35.7 Å². The fourth-order valence-corrected chi connectivity index (χ4v) is 3.08. The number of hydrogen-bond acceptors (Lipinski definition) is 9. The lowest BCUT2D eigenvalue weighted by Gasteiger charge is -2.27. The van der Waals surface area contributed by atoms with E-state index in [4.69, 9.17) is 14.2 Å². The Morgan fingerprint density at radius 3 is 2.10 bits per heavy atom. The van der Waals surface area contributed by atoms with Crippen LogP contribution in [0.5, 0.6) is 17.2 Å². The number of nitrogens with one attached hydrogen (secondary N) is 1. The molecule has 1 N–H and O–H groups in total. The first-order valence-electron chi connectivity index (χ1n) is 8.51. The zero-order chi connectivity index (χ0) is 21.8. The van der Waals surface area contributed by atoms with Crippen molar-refractivity contribution >= 4 is 41.4 Å². The summed E-state index contributed by atoms with van der Waals surface area (Å²) in [4.78, 5) is 46.8. The van der Waals surface area contributed by atoms with Crippen LogP contribution in [0, 0.1) is 0 Å². The molecule has 0 bridgehead atoms. The number of anilines is 1. The maximum absolute atomic E-state index is 13.0. The minimum atomic E-state index is -0.898. The van der Waals surface area contributed by atoms with E-state index in [-0.39, 0.29) is 22.8 Å². The molecule has 0 atom stereocenters. The van der Waals surface area contributed by atoms with E-state index in [9.17, 15) is 14.4 Å². The van der Waals surface area contributed by atoms with Crippen LogP contribution < -0.4 is 24.4 Å². The number of imide groups is 2. The van der Waals surface area contributed by atoms with Crippen molar-refractivity contribution in [3.63, 3.8) is 0 Å². The monoisotopic (exact) mass is 430 g/mol. The van der Waals surface area contributed by atoms with E-state index in [2.05, 4.69) is 15.3 Å². The van der Waals surface area contributed by atoms with Crippen LogP contribution in [0.3, 0.4) is 0 Å². The molecule has 0 radical (unpaired) electrons. The number of aromatic nitrogens is 2. The molecule has 1 aromatic carbocycles. The molecule has 2 aromatic rings. The highest BCUT2D eigenvalue weighted by molar-refractivity contribution is 7.98. The summed E-state index contributed by atoms with van der Waals surface area (Å²) >= 11 is 1.36. The minimum Gasteiger partial charge on any atom is -0.493 e. The van der Waals surface area contributed by atoms with Gasteiger partial charge in [-0.25, -0.2) is 19.7 Å². The quantitative estimate of drug-likeness (QED) is 0.317. The van der Waals surface area contributed by atoms with Crippen LogP contribution in [0.4, 0.5) is 10.5 Å². The van der Waals surface area contributed by atoms with Crippen molar-refractivity contribution in [1.29, 1.82) is 0 Å². The molecule has 0 aliphatic carbocycles. The van der Waals surface area contributed by atoms with E-state index in [1.807, 2.05) is 6.26 Å². The van der Waals surface area contributed by atoms with Gasteiger partial charge in [0.05, 0.1) is 27.0 Å². The molecule has 156 valence electrons. The van der Waals surface area contributed by atoms with E-state index >= 15 is 0 Å².